The maximum Gasteiger partial charge on any atom is 0.266 e. The number of aromatic amines is 1. The van der Waals surface area contributed by atoms with E-state index in [9.17, 15) is 13.2 Å². The molecule has 2 fully saturated rings. The lowest BCUT2D eigenvalue weighted by Crippen LogP contribution is -2.40. The molecule has 0 bridgehead atoms. The molecule has 1 saturated carbocycles. The van der Waals surface area contributed by atoms with Crippen LogP contribution >= 0.6 is 0 Å². The summed E-state index contributed by atoms with van der Waals surface area (Å²) in [6, 6.07) is 3.44. The summed E-state index contributed by atoms with van der Waals surface area (Å²) in [4.78, 5) is 12.4. The van der Waals surface area contributed by atoms with E-state index in [4.69, 9.17) is 0 Å². The summed E-state index contributed by atoms with van der Waals surface area (Å²) in [5.41, 5.74) is 1.99. The molecule has 8 nitrogen and oxygen atoms in total. The van der Waals surface area contributed by atoms with Crippen molar-refractivity contribution in [1.82, 2.24) is 24.3 Å². The molecule has 2 aliphatic rings. The van der Waals surface area contributed by atoms with Crippen LogP contribution in [-0.2, 0) is 16.6 Å². The van der Waals surface area contributed by atoms with Gasteiger partial charge in [-0.2, -0.15) is 14.5 Å². The molecule has 1 aliphatic heterocycles. The zero-order valence-electron chi connectivity index (χ0n) is 15.7. The Balaban J connectivity index is 1.44. The van der Waals surface area contributed by atoms with Crippen molar-refractivity contribution < 1.29 is 8.42 Å². The largest absolute Gasteiger partial charge is 0.281 e. The molecule has 1 saturated heterocycles. The lowest BCUT2D eigenvalue weighted by Gasteiger charge is -2.31. The standard InChI is InChI=1S/C18H25N5O3S/c1-12-18(13(2)20-19-12)27(25,26)22-9-7-14(8-10-22)11-23-17(24)6-5-16(21-23)15-3-4-15/h5-6,14-15H,3-4,7-11H2,1-2H3,(H,19,20). The van der Waals surface area contributed by atoms with E-state index < -0.39 is 10.0 Å². The van der Waals surface area contributed by atoms with Gasteiger partial charge in [-0.1, -0.05) is 0 Å². The van der Waals surface area contributed by atoms with Gasteiger partial charge in [-0.15, -0.1) is 0 Å². The zero-order chi connectivity index (χ0) is 19.2. The van der Waals surface area contributed by atoms with Crippen molar-refractivity contribution in [1.29, 1.82) is 0 Å². The van der Waals surface area contributed by atoms with Crippen LogP contribution in [0.1, 0.15) is 48.7 Å². The zero-order valence-corrected chi connectivity index (χ0v) is 16.5. The van der Waals surface area contributed by atoms with Gasteiger partial charge >= 0.3 is 0 Å². The van der Waals surface area contributed by atoms with E-state index in [0.717, 1.165) is 31.4 Å². The fourth-order valence-electron chi connectivity index (χ4n) is 3.82. The van der Waals surface area contributed by atoms with Crippen LogP contribution in [0.2, 0.25) is 0 Å². The van der Waals surface area contributed by atoms with Gasteiger partial charge in [0.15, 0.2) is 0 Å². The molecule has 27 heavy (non-hydrogen) atoms. The molecule has 3 heterocycles. The fraction of sp³-hybridized carbons (Fsp3) is 0.611. The van der Waals surface area contributed by atoms with Crippen LogP contribution < -0.4 is 5.56 Å². The predicted octanol–water partition coefficient (Wildman–Crippen LogP) is 1.56. The first kappa shape index (κ1) is 18.4. The minimum atomic E-state index is -3.54. The van der Waals surface area contributed by atoms with E-state index >= 15 is 0 Å². The van der Waals surface area contributed by atoms with Crippen LogP contribution in [0.4, 0.5) is 0 Å². The molecular weight excluding hydrogens is 366 g/mol. The van der Waals surface area contributed by atoms with Crippen molar-refractivity contribution in [2.75, 3.05) is 13.1 Å². The van der Waals surface area contributed by atoms with E-state index in [1.807, 2.05) is 6.07 Å². The normalized spacial score (nSPS) is 19.5. The molecule has 0 radical (unpaired) electrons. The molecule has 0 spiro atoms. The van der Waals surface area contributed by atoms with Crippen LogP contribution in [0.5, 0.6) is 0 Å². The number of hydrogen-bond donors (Lipinski definition) is 1. The minimum Gasteiger partial charge on any atom is -0.281 e. The first-order valence-corrected chi connectivity index (χ1v) is 10.9. The maximum atomic E-state index is 12.9. The highest BCUT2D eigenvalue weighted by molar-refractivity contribution is 7.89. The predicted molar refractivity (Wildman–Crippen MR) is 100 cm³/mol. The van der Waals surface area contributed by atoms with Gasteiger partial charge in [0.1, 0.15) is 4.90 Å². The third kappa shape index (κ3) is 3.58. The second-order valence-corrected chi connectivity index (χ2v) is 9.54. The molecule has 9 heteroatoms. The van der Waals surface area contributed by atoms with Crippen molar-refractivity contribution >= 4 is 10.0 Å². The molecule has 4 rings (SSSR count). The van der Waals surface area contributed by atoms with Crippen LogP contribution in [0, 0.1) is 19.8 Å². The summed E-state index contributed by atoms with van der Waals surface area (Å²) in [7, 11) is -3.54. The van der Waals surface area contributed by atoms with E-state index in [1.165, 1.54) is 4.31 Å². The number of aromatic nitrogens is 4. The van der Waals surface area contributed by atoms with Crippen LogP contribution in [-0.4, -0.2) is 45.8 Å². The van der Waals surface area contributed by atoms with Gasteiger partial charge in [0, 0.05) is 31.6 Å². The first-order valence-electron chi connectivity index (χ1n) is 9.46. The van der Waals surface area contributed by atoms with Crippen LogP contribution in [0.3, 0.4) is 0 Å². The molecule has 1 N–H and O–H groups in total. The Morgan fingerprint density at radius 3 is 2.44 bits per heavy atom. The summed E-state index contributed by atoms with van der Waals surface area (Å²) in [5, 5.41) is 11.3. The molecule has 2 aromatic heterocycles. The molecule has 0 atom stereocenters. The average molecular weight is 391 g/mol. The monoisotopic (exact) mass is 391 g/mol. The van der Waals surface area contributed by atoms with E-state index in [0.29, 0.717) is 36.9 Å². The Kier molecular flexibility index (Phi) is 4.67. The number of rotatable bonds is 5. The summed E-state index contributed by atoms with van der Waals surface area (Å²) < 4.78 is 29.0. The minimum absolute atomic E-state index is 0.0842. The SMILES string of the molecule is Cc1n[nH]c(C)c1S(=O)(=O)N1CCC(Cn2nc(C3CC3)ccc2=O)CC1. The number of hydrogen-bond acceptors (Lipinski definition) is 5. The smallest absolute Gasteiger partial charge is 0.266 e. The third-order valence-electron chi connectivity index (χ3n) is 5.55. The van der Waals surface area contributed by atoms with Crippen LogP contribution in [0.25, 0.3) is 0 Å². The van der Waals surface area contributed by atoms with Crippen molar-refractivity contribution in [3.05, 3.63) is 39.6 Å². The number of H-pyrrole nitrogens is 1. The van der Waals surface area contributed by atoms with Crippen molar-refractivity contribution in [3.8, 4) is 0 Å². The molecule has 0 amide bonds. The summed E-state index contributed by atoms with van der Waals surface area (Å²) in [5.74, 6) is 0.757. The summed E-state index contributed by atoms with van der Waals surface area (Å²) in [6.45, 7) is 4.89. The Hall–Kier alpha value is -2.00. The van der Waals surface area contributed by atoms with Gasteiger partial charge in [0.05, 0.1) is 17.1 Å². The topological polar surface area (TPSA) is 101 Å². The fourth-order valence-corrected chi connectivity index (χ4v) is 5.62. The first-order chi connectivity index (χ1) is 12.9. The van der Waals surface area contributed by atoms with Crippen LogP contribution in [0.15, 0.2) is 21.8 Å². The summed E-state index contributed by atoms with van der Waals surface area (Å²) >= 11 is 0. The van der Waals surface area contributed by atoms with E-state index in [2.05, 4.69) is 15.3 Å². The van der Waals surface area contributed by atoms with Crippen molar-refractivity contribution in [2.45, 2.75) is 56.9 Å². The molecular formula is C18H25N5O3S. The maximum absolute atomic E-state index is 12.9. The number of nitrogens with one attached hydrogen (secondary N) is 1. The van der Waals surface area contributed by atoms with E-state index in [-0.39, 0.29) is 16.4 Å². The molecule has 0 aromatic carbocycles. The Bertz CT molecular complexity index is 979. The lowest BCUT2D eigenvalue weighted by atomic mass is 9.98. The quantitative estimate of drug-likeness (QED) is 0.834. The second kappa shape index (κ2) is 6.87. The number of aryl methyl sites for hydroxylation is 2. The Morgan fingerprint density at radius 1 is 1.15 bits per heavy atom. The molecule has 2 aromatic rings. The molecule has 0 unspecified atom stereocenters. The van der Waals surface area contributed by atoms with Gasteiger partial charge in [-0.25, -0.2) is 13.1 Å². The Labute approximate surface area is 158 Å². The number of piperidine rings is 1. The molecule has 146 valence electrons. The van der Waals surface area contributed by atoms with Gasteiger partial charge in [0.25, 0.3) is 5.56 Å². The lowest BCUT2D eigenvalue weighted by molar-refractivity contribution is 0.244. The Morgan fingerprint density at radius 2 is 1.85 bits per heavy atom. The van der Waals surface area contributed by atoms with Gasteiger partial charge in [-0.3, -0.25) is 9.89 Å². The highest BCUT2D eigenvalue weighted by Gasteiger charge is 2.33. The summed E-state index contributed by atoms with van der Waals surface area (Å²) in [6.07, 6.45) is 3.73. The van der Waals surface area contributed by atoms with E-state index in [1.54, 1.807) is 24.6 Å². The van der Waals surface area contributed by atoms with Gasteiger partial charge < -0.3 is 0 Å². The van der Waals surface area contributed by atoms with Gasteiger partial charge in [0.2, 0.25) is 10.0 Å². The average Bonchev–Trinajstić information content (AvgIpc) is 3.42. The third-order valence-corrected chi connectivity index (χ3v) is 7.71. The highest BCUT2D eigenvalue weighted by Crippen LogP contribution is 2.38. The highest BCUT2D eigenvalue weighted by atomic mass is 32.2. The molecule has 1 aliphatic carbocycles. The van der Waals surface area contributed by atoms with Crippen molar-refractivity contribution in [3.63, 3.8) is 0 Å². The van der Waals surface area contributed by atoms with Gasteiger partial charge in [-0.05, 0) is 51.5 Å². The number of sulfonamides is 1. The van der Waals surface area contributed by atoms with Crippen molar-refractivity contribution in [2.24, 2.45) is 5.92 Å². The number of nitrogens with zero attached hydrogens (tertiary/aromatic N) is 4. The second-order valence-electron chi connectivity index (χ2n) is 7.66.